The maximum absolute atomic E-state index is 12.4. The summed E-state index contributed by atoms with van der Waals surface area (Å²) in [4.78, 5) is 12.4. The Bertz CT molecular complexity index is 1010. The van der Waals surface area contributed by atoms with Crippen molar-refractivity contribution in [1.29, 1.82) is 0 Å². The van der Waals surface area contributed by atoms with Gasteiger partial charge in [0.1, 0.15) is 0 Å². The molecule has 0 spiro atoms. The molecule has 1 aromatic heterocycles. The molecular weight excluding hydrogens is 388 g/mol. The Hall–Kier alpha value is -3.00. The minimum absolute atomic E-state index is 0.0805. The van der Waals surface area contributed by atoms with Crippen LogP contribution >= 0.6 is 11.8 Å². The molecule has 0 unspecified atom stereocenters. The second-order valence-corrected chi connectivity index (χ2v) is 7.48. The van der Waals surface area contributed by atoms with E-state index in [0.717, 1.165) is 22.4 Å². The van der Waals surface area contributed by atoms with Crippen molar-refractivity contribution in [2.45, 2.75) is 19.0 Å². The van der Waals surface area contributed by atoms with Crippen molar-refractivity contribution >= 4 is 23.4 Å². The van der Waals surface area contributed by atoms with Gasteiger partial charge in [0.15, 0.2) is 22.5 Å². The Morgan fingerprint density at radius 3 is 2.41 bits per heavy atom. The number of ether oxygens (including phenoxy) is 2. The van der Waals surface area contributed by atoms with Crippen LogP contribution in [-0.4, -0.2) is 40.6 Å². The number of aryl methyl sites for hydroxylation is 2. The van der Waals surface area contributed by atoms with Gasteiger partial charge in [-0.2, -0.15) is 0 Å². The topological polar surface area (TPSA) is 78.3 Å². The molecule has 0 saturated heterocycles. The Morgan fingerprint density at radius 2 is 1.76 bits per heavy atom. The van der Waals surface area contributed by atoms with E-state index in [9.17, 15) is 4.79 Å². The first-order chi connectivity index (χ1) is 13.9. The first kappa shape index (κ1) is 20.7. The van der Waals surface area contributed by atoms with Gasteiger partial charge in [-0.3, -0.25) is 4.79 Å². The Balaban J connectivity index is 1.71. The number of thioether (sulfide) groups is 1. The molecule has 0 aliphatic heterocycles. The summed E-state index contributed by atoms with van der Waals surface area (Å²) in [5.74, 6) is 2.11. The zero-order valence-corrected chi connectivity index (χ0v) is 18.0. The number of hydrogen-bond donors (Lipinski definition) is 1. The van der Waals surface area contributed by atoms with Gasteiger partial charge in [-0.1, -0.05) is 30.0 Å². The highest BCUT2D eigenvalue weighted by Gasteiger charge is 2.15. The zero-order valence-electron chi connectivity index (χ0n) is 17.1. The smallest absolute Gasteiger partial charge is 0.234 e. The second kappa shape index (κ2) is 9.00. The Labute approximate surface area is 174 Å². The lowest BCUT2D eigenvalue weighted by atomic mass is 10.1. The summed E-state index contributed by atoms with van der Waals surface area (Å²) in [5, 5.41) is 12.1. The molecule has 1 heterocycles. The molecule has 1 amide bonds. The molecule has 0 fully saturated rings. The number of methoxy groups -OCH3 is 2. The number of hydrogen-bond acceptors (Lipinski definition) is 6. The number of carbonyl (C=O) groups is 1. The molecule has 152 valence electrons. The summed E-state index contributed by atoms with van der Waals surface area (Å²) >= 11 is 1.34. The van der Waals surface area contributed by atoms with E-state index in [1.54, 1.807) is 14.2 Å². The molecule has 0 bridgehead atoms. The Kier molecular flexibility index (Phi) is 6.43. The van der Waals surface area contributed by atoms with Crippen molar-refractivity contribution in [2.75, 3.05) is 25.3 Å². The molecule has 0 atom stereocenters. The van der Waals surface area contributed by atoms with Gasteiger partial charge in [0.05, 0.1) is 20.0 Å². The van der Waals surface area contributed by atoms with E-state index in [1.165, 1.54) is 11.8 Å². The minimum Gasteiger partial charge on any atom is -0.493 e. The summed E-state index contributed by atoms with van der Waals surface area (Å²) in [6, 6.07) is 11.5. The molecule has 1 N–H and O–H groups in total. The van der Waals surface area contributed by atoms with Crippen molar-refractivity contribution in [1.82, 2.24) is 14.8 Å². The van der Waals surface area contributed by atoms with Crippen molar-refractivity contribution in [3.8, 4) is 22.9 Å². The molecule has 3 rings (SSSR count). The van der Waals surface area contributed by atoms with Crippen LogP contribution in [0.3, 0.4) is 0 Å². The maximum atomic E-state index is 12.4. The quantitative estimate of drug-likeness (QED) is 0.594. The van der Waals surface area contributed by atoms with E-state index in [-0.39, 0.29) is 11.7 Å². The standard InChI is InChI=1S/C21H24N4O3S/c1-13-7-6-8-14(2)19(13)22-18(26)12-29-21-24-23-20(25(21)3)15-9-10-16(27-4)17(11-15)28-5/h6-11H,12H2,1-5H3,(H,22,26). The van der Waals surface area contributed by atoms with Gasteiger partial charge in [0.25, 0.3) is 0 Å². The third-order valence-corrected chi connectivity index (χ3v) is 5.57. The van der Waals surface area contributed by atoms with Crippen LogP contribution in [0, 0.1) is 13.8 Å². The number of aromatic nitrogens is 3. The first-order valence-corrected chi connectivity index (χ1v) is 10.0. The molecule has 0 aliphatic carbocycles. The van der Waals surface area contributed by atoms with E-state index < -0.39 is 0 Å². The van der Waals surface area contributed by atoms with Gasteiger partial charge < -0.3 is 19.4 Å². The van der Waals surface area contributed by atoms with Crippen LogP contribution in [0.5, 0.6) is 11.5 Å². The number of nitrogens with zero attached hydrogens (tertiary/aromatic N) is 3. The maximum Gasteiger partial charge on any atom is 0.234 e. The number of para-hydroxylation sites is 1. The van der Waals surface area contributed by atoms with Crippen LogP contribution in [-0.2, 0) is 11.8 Å². The average Bonchev–Trinajstić information content (AvgIpc) is 3.09. The summed E-state index contributed by atoms with van der Waals surface area (Å²) in [6.07, 6.45) is 0. The lowest BCUT2D eigenvalue weighted by Crippen LogP contribution is -2.16. The number of carbonyl (C=O) groups excluding carboxylic acids is 1. The van der Waals surface area contributed by atoms with Gasteiger partial charge in [-0.15, -0.1) is 10.2 Å². The van der Waals surface area contributed by atoms with E-state index in [2.05, 4.69) is 15.5 Å². The van der Waals surface area contributed by atoms with Crippen LogP contribution in [0.4, 0.5) is 5.69 Å². The summed E-state index contributed by atoms with van der Waals surface area (Å²) < 4.78 is 12.5. The SMILES string of the molecule is COc1ccc(-c2nnc(SCC(=O)Nc3c(C)cccc3C)n2C)cc1OC. The first-order valence-electron chi connectivity index (χ1n) is 9.05. The molecule has 29 heavy (non-hydrogen) atoms. The fourth-order valence-electron chi connectivity index (χ4n) is 2.98. The predicted octanol–water partition coefficient (Wildman–Crippen LogP) is 3.85. The number of benzene rings is 2. The van der Waals surface area contributed by atoms with Gasteiger partial charge in [-0.25, -0.2) is 0 Å². The number of rotatable bonds is 7. The molecule has 8 heteroatoms. The third kappa shape index (κ3) is 4.54. The minimum atomic E-state index is -0.0805. The van der Waals surface area contributed by atoms with Gasteiger partial charge >= 0.3 is 0 Å². The second-order valence-electron chi connectivity index (χ2n) is 6.54. The predicted molar refractivity (Wildman–Crippen MR) is 115 cm³/mol. The van der Waals surface area contributed by atoms with E-state index in [1.807, 2.05) is 61.9 Å². The number of anilines is 1. The van der Waals surface area contributed by atoms with Crippen LogP contribution in [0.2, 0.25) is 0 Å². The zero-order chi connectivity index (χ0) is 21.0. The molecule has 0 radical (unpaired) electrons. The lowest BCUT2D eigenvalue weighted by Gasteiger charge is -2.11. The van der Waals surface area contributed by atoms with Crippen LogP contribution in [0.1, 0.15) is 11.1 Å². The van der Waals surface area contributed by atoms with Crippen LogP contribution in [0.15, 0.2) is 41.6 Å². The highest BCUT2D eigenvalue weighted by Crippen LogP contribution is 2.32. The third-order valence-electron chi connectivity index (χ3n) is 4.55. The van der Waals surface area contributed by atoms with Crippen LogP contribution in [0.25, 0.3) is 11.4 Å². The number of nitrogens with one attached hydrogen (secondary N) is 1. The summed E-state index contributed by atoms with van der Waals surface area (Å²) in [6.45, 7) is 3.96. The molecular formula is C21H24N4O3S. The fraction of sp³-hybridized carbons (Fsp3) is 0.286. The normalized spacial score (nSPS) is 10.7. The van der Waals surface area contributed by atoms with Gasteiger partial charge in [0, 0.05) is 18.3 Å². The van der Waals surface area contributed by atoms with Crippen molar-refractivity contribution < 1.29 is 14.3 Å². The highest BCUT2D eigenvalue weighted by molar-refractivity contribution is 7.99. The number of amides is 1. The molecule has 7 nitrogen and oxygen atoms in total. The molecule has 3 aromatic rings. The van der Waals surface area contributed by atoms with E-state index in [0.29, 0.717) is 22.5 Å². The van der Waals surface area contributed by atoms with Crippen molar-refractivity contribution in [3.63, 3.8) is 0 Å². The molecule has 0 aliphatic rings. The largest absolute Gasteiger partial charge is 0.493 e. The van der Waals surface area contributed by atoms with Crippen molar-refractivity contribution in [3.05, 3.63) is 47.5 Å². The van der Waals surface area contributed by atoms with Gasteiger partial charge in [0.2, 0.25) is 5.91 Å². The van der Waals surface area contributed by atoms with Crippen molar-refractivity contribution in [2.24, 2.45) is 7.05 Å². The monoisotopic (exact) mass is 412 g/mol. The molecule has 0 saturated carbocycles. The highest BCUT2D eigenvalue weighted by atomic mass is 32.2. The summed E-state index contributed by atoms with van der Waals surface area (Å²) in [7, 11) is 5.06. The average molecular weight is 413 g/mol. The Morgan fingerprint density at radius 1 is 1.07 bits per heavy atom. The molecule has 2 aromatic carbocycles. The van der Waals surface area contributed by atoms with E-state index in [4.69, 9.17) is 9.47 Å². The fourth-order valence-corrected chi connectivity index (χ4v) is 3.70. The lowest BCUT2D eigenvalue weighted by molar-refractivity contribution is -0.113. The van der Waals surface area contributed by atoms with Gasteiger partial charge in [-0.05, 0) is 43.2 Å². The van der Waals surface area contributed by atoms with E-state index >= 15 is 0 Å². The van der Waals surface area contributed by atoms with Crippen LogP contribution < -0.4 is 14.8 Å². The summed E-state index contributed by atoms with van der Waals surface area (Å²) in [5.41, 5.74) is 3.79.